The number of hydrogen-bond donors (Lipinski definition) is 1. The van der Waals surface area contributed by atoms with Gasteiger partial charge in [-0.2, -0.15) is 0 Å². The summed E-state index contributed by atoms with van der Waals surface area (Å²) in [6.07, 6.45) is 5.29. The van der Waals surface area contributed by atoms with E-state index < -0.39 is 5.97 Å². The molecule has 1 saturated heterocycles. The van der Waals surface area contributed by atoms with Crippen LogP contribution >= 0.6 is 0 Å². The van der Waals surface area contributed by atoms with Crippen molar-refractivity contribution in [3.63, 3.8) is 0 Å². The van der Waals surface area contributed by atoms with Crippen LogP contribution in [0.5, 0.6) is 0 Å². The van der Waals surface area contributed by atoms with Crippen LogP contribution in [-0.4, -0.2) is 28.6 Å². The number of benzene rings is 1. The molecule has 108 valence electrons. The Balaban J connectivity index is 1.83. The Kier molecular flexibility index (Phi) is 3.74. The van der Waals surface area contributed by atoms with Crippen molar-refractivity contribution in [2.45, 2.75) is 50.6 Å². The van der Waals surface area contributed by atoms with E-state index in [-0.39, 0.29) is 24.3 Å². The number of fused-ring (bicyclic) bond motifs is 1. The second-order valence-corrected chi connectivity index (χ2v) is 5.88. The number of piperidine rings is 1. The third kappa shape index (κ3) is 2.57. The van der Waals surface area contributed by atoms with Gasteiger partial charge in [-0.25, -0.2) is 4.39 Å². The van der Waals surface area contributed by atoms with Gasteiger partial charge in [-0.05, 0) is 55.5 Å². The van der Waals surface area contributed by atoms with Crippen molar-refractivity contribution < 1.29 is 14.3 Å². The average Bonchev–Trinajstić information content (AvgIpc) is 2.81. The Labute approximate surface area is 118 Å². The molecule has 3 nitrogen and oxygen atoms in total. The molecule has 0 spiro atoms. The molecule has 3 rings (SSSR count). The minimum Gasteiger partial charge on any atom is -0.481 e. The van der Waals surface area contributed by atoms with Crippen molar-refractivity contribution in [1.82, 2.24) is 4.90 Å². The highest BCUT2D eigenvalue weighted by atomic mass is 19.1. The molecule has 0 saturated carbocycles. The maximum Gasteiger partial charge on any atom is 0.304 e. The van der Waals surface area contributed by atoms with E-state index in [4.69, 9.17) is 5.11 Å². The van der Waals surface area contributed by atoms with Crippen molar-refractivity contribution in [2.24, 2.45) is 0 Å². The fraction of sp³-hybridized carbons (Fsp3) is 0.562. The van der Waals surface area contributed by atoms with E-state index >= 15 is 0 Å². The quantitative estimate of drug-likeness (QED) is 0.922. The number of aliphatic carboxylic acids is 1. The standard InChI is InChI=1S/C16H20FNO2/c17-12-5-6-14-11(9-12)4-7-15(14)18-8-2-1-3-13(18)10-16(19)20/h5-6,9,13,15H,1-4,7-8,10H2,(H,19,20). The van der Waals surface area contributed by atoms with Crippen molar-refractivity contribution in [3.8, 4) is 0 Å². The van der Waals surface area contributed by atoms with Gasteiger partial charge < -0.3 is 5.11 Å². The van der Waals surface area contributed by atoms with Gasteiger partial charge in [0.05, 0.1) is 6.42 Å². The normalized spacial score (nSPS) is 26.4. The van der Waals surface area contributed by atoms with Gasteiger partial charge in [0.25, 0.3) is 0 Å². The number of carbonyl (C=O) groups is 1. The van der Waals surface area contributed by atoms with Crippen LogP contribution in [0.1, 0.15) is 49.3 Å². The number of carboxylic acid groups (broad SMARTS) is 1. The summed E-state index contributed by atoms with van der Waals surface area (Å²) in [5.41, 5.74) is 2.29. The Morgan fingerprint density at radius 2 is 2.20 bits per heavy atom. The molecule has 20 heavy (non-hydrogen) atoms. The molecule has 1 aliphatic carbocycles. The second kappa shape index (κ2) is 5.52. The van der Waals surface area contributed by atoms with Crippen LogP contribution in [-0.2, 0) is 11.2 Å². The molecule has 1 aromatic rings. The third-order valence-electron chi connectivity index (χ3n) is 4.63. The maximum absolute atomic E-state index is 13.3. The zero-order chi connectivity index (χ0) is 14.1. The molecule has 0 aromatic heterocycles. The van der Waals surface area contributed by atoms with Crippen molar-refractivity contribution in [3.05, 3.63) is 35.1 Å². The van der Waals surface area contributed by atoms with E-state index in [1.165, 1.54) is 11.6 Å². The number of carboxylic acids is 1. The highest BCUT2D eigenvalue weighted by molar-refractivity contribution is 5.67. The van der Waals surface area contributed by atoms with Gasteiger partial charge in [0.15, 0.2) is 0 Å². The average molecular weight is 277 g/mol. The first-order valence-electron chi connectivity index (χ1n) is 7.41. The maximum atomic E-state index is 13.3. The van der Waals surface area contributed by atoms with Crippen LogP contribution in [0.25, 0.3) is 0 Å². The lowest BCUT2D eigenvalue weighted by atomic mass is 9.95. The van der Waals surface area contributed by atoms with E-state index in [9.17, 15) is 9.18 Å². The van der Waals surface area contributed by atoms with Gasteiger partial charge >= 0.3 is 5.97 Å². The molecule has 0 bridgehead atoms. The van der Waals surface area contributed by atoms with Gasteiger partial charge in [-0.1, -0.05) is 12.5 Å². The first kappa shape index (κ1) is 13.6. The number of aryl methyl sites for hydroxylation is 1. The summed E-state index contributed by atoms with van der Waals surface area (Å²) in [7, 11) is 0. The lowest BCUT2D eigenvalue weighted by molar-refractivity contribution is -0.139. The molecule has 2 unspecified atom stereocenters. The van der Waals surface area contributed by atoms with Crippen molar-refractivity contribution in [1.29, 1.82) is 0 Å². The molecule has 0 amide bonds. The molecule has 1 aliphatic heterocycles. The number of likely N-dealkylation sites (tertiary alicyclic amines) is 1. The van der Waals surface area contributed by atoms with E-state index in [1.807, 2.05) is 6.07 Å². The summed E-state index contributed by atoms with van der Waals surface area (Å²) in [6.45, 7) is 0.958. The number of hydrogen-bond acceptors (Lipinski definition) is 2. The highest BCUT2D eigenvalue weighted by Crippen LogP contribution is 2.39. The topological polar surface area (TPSA) is 40.5 Å². The molecule has 1 fully saturated rings. The van der Waals surface area contributed by atoms with Crippen LogP contribution in [0.15, 0.2) is 18.2 Å². The molecule has 1 aromatic carbocycles. The monoisotopic (exact) mass is 277 g/mol. The number of halogens is 1. The molecule has 1 N–H and O–H groups in total. The Hall–Kier alpha value is -1.42. The molecule has 0 radical (unpaired) electrons. The Morgan fingerprint density at radius 1 is 1.35 bits per heavy atom. The summed E-state index contributed by atoms with van der Waals surface area (Å²) >= 11 is 0. The molecule has 4 heteroatoms. The number of rotatable bonds is 3. The Bertz CT molecular complexity index is 517. The minimum atomic E-state index is -0.723. The van der Waals surface area contributed by atoms with Crippen molar-refractivity contribution >= 4 is 5.97 Å². The van der Waals surface area contributed by atoms with Crippen LogP contribution in [0.3, 0.4) is 0 Å². The first-order valence-corrected chi connectivity index (χ1v) is 7.41. The van der Waals surface area contributed by atoms with Gasteiger partial charge in [0.1, 0.15) is 5.82 Å². The summed E-state index contributed by atoms with van der Waals surface area (Å²) in [4.78, 5) is 13.4. The predicted molar refractivity (Wildman–Crippen MR) is 74.1 cm³/mol. The first-order chi connectivity index (χ1) is 9.65. The van der Waals surface area contributed by atoms with Gasteiger partial charge in [0, 0.05) is 12.1 Å². The lowest BCUT2D eigenvalue weighted by Gasteiger charge is -2.39. The van der Waals surface area contributed by atoms with Crippen LogP contribution in [0, 0.1) is 5.82 Å². The van der Waals surface area contributed by atoms with Crippen LogP contribution in [0.2, 0.25) is 0 Å². The van der Waals surface area contributed by atoms with Crippen molar-refractivity contribution in [2.75, 3.05) is 6.54 Å². The van der Waals surface area contributed by atoms with E-state index in [0.29, 0.717) is 0 Å². The van der Waals surface area contributed by atoms with E-state index in [0.717, 1.165) is 44.2 Å². The largest absolute Gasteiger partial charge is 0.481 e. The zero-order valence-electron chi connectivity index (χ0n) is 11.5. The SMILES string of the molecule is O=C(O)CC1CCCCN1C1CCc2cc(F)ccc21. The molecular weight excluding hydrogens is 257 g/mol. The Morgan fingerprint density at radius 3 is 3.00 bits per heavy atom. The van der Waals surface area contributed by atoms with Gasteiger partial charge in [-0.15, -0.1) is 0 Å². The van der Waals surface area contributed by atoms with E-state index in [2.05, 4.69) is 4.90 Å². The molecular formula is C16H20FNO2. The highest BCUT2D eigenvalue weighted by Gasteiger charge is 2.34. The fourth-order valence-corrected chi connectivity index (χ4v) is 3.76. The summed E-state index contributed by atoms with van der Waals surface area (Å²) in [6, 6.07) is 5.44. The molecule has 1 heterocycles. The lowest BCUT2D eigenvalue weighted by Crippen LogP contribution is -2.42. The number of nitrogens with zero attached hydrogens (tertiary/aromatic N) is 1. The third-order valence-corrected chi connectivity index (χ3v) is 4.63. The van der Waals surface area contributed by atoms with E-state index in [1.54, 1.807) is 6.07 Å². The minimum absolute atomic E-state index is 0.127. The smallest absolute Gasteiger partial charge is 0.304 e. The second-order valence-electron chi connectivity index (χ2n) is 5.88. The van der Waals surface area contributed by atoms with Crippen LogP contribution < -0.4 is 0 Å². The molecule has 2 aliphatic rings. The van der Waals surface area contributed by atoms with Gasteiger partial charge in [0.2, 0.25) is 0 Å². The summed E-state index contributed by atoms with van der Waals surface area (Å²) in [5.74, 6) is -0.899. The fourth-order valence-electron chi connectivity index (χ4n) is 3.76. The molecule has 2 atom stereocenters. The zero-order valence-corrected chi connectivity index (χ0v) is 11.5. The predicted octanol–water partition coefficient (Wildman–Crippen LogP) is 3.14. The van der Waals surface area contributed by atoms with Crippen LogP contribution in [0.4, 0.5) is 4.39 Å². The van der Waals surface area contributed by atoms with Gasteiger partial charge in [-0.3, -0.25) is 9.69 Å². The summed E-state index contributed by atoms with van der Waals surface area (Å²) in [5, 5.41) is 9.08. The summed E-state index contributed by atoms with van der Waals surface area (Å²) < 4.78 is 13.3.